The van der Waals surface area contributed by atoms with E-state index in [0.29, 0.717) is 10.9 Å². The number of nitro groups is 1. The molecular weight excluding hydrogens is 371 g/mol. The van der Waals surface area contributed by atoms with Gasteiger partial charge in [0.05, 0.1) is 4.92 Å². The summed E-state index contributed by atoms with van der Waals surface area (Å²) in [7, 11) is 0. The van der Waals surface area contributed by atoms with Gasteiger partial charge in [0.2, 0.25) is 11.2 Å². The molecule has 0 radical (unpaired) electrons. The second-order valence-electron chi connectivity index (χ2n) is 4.57. The molecule has 0 aliphatic rings. The van der Waals surface area contributed by atoms with Crippen molar-refractivity contribution in [3.8, 4) is 5.82 Å². The molecular formula is C12H8ClF3N5O4-. The predicted molar refractivity (Wildman–Crippen MR) is 78.2 cm³/mol. The molecule has 0 aromatic carbocycles. The van der Waals surface area contributed by atoms with E-state index in [1.54, 1.807) is 0 Å². The van der Waals surface area contributed by atoms with Crippen LogP contribution in [0.5, 0.6) is 0 Å². The SMILES string of the molecule is CC/C([O-])=N/c1c([N+](=O)[O-])cnn1-c1[nH]cc(C(F)(F)F)c(=O)c1Cl. The summed E-state index contributed by atoms with van der Waals surface area (Å²) in [5, 5.41) is 25.2. The number of H-pyrrole nitrogens is 1. The summed E-state index contributed by atoms with van der Waals surface area (Å²) in [5.74, 6) is -1.81. The van der Waals surface area contributed by atoms with E-state index in [1.165, 1.54) is 6.92 Å². The van der Waals surface area contributed by atoms with Crippen molar-refractivity contribution in [1.29, 1.82) is 0 Å². The number of hydrogen-bond acceptors (Lipinski definition) is 6. The number of halogens is 4. The molecule has 2 aromatic heterocycles. The molecule has 0 fully saturated rings. The zero-order valence-corrected chi connectivity index (χ0v) is 13.1. The fourth-order valence-corrected chi connectivity index (χ4v) is 2.02. The van der Waals surface area contributed by atoms with Gasteiger partial charge < -0.3 is 10.1 Å². The van der Waals surface area contributed by atoms with Gasteiger partial charge in [0.1, 0.15) is 16.8 Å². The summed E-state index contributed by atoms with van der Waals surface area (Å²) in [6.07, 6.45) is -3.95. The largest absolute Gasteiger partial charge is 0.862 e. The van der Waals surface area contributed by atoms with Crippen LogP contribution in [0.1, 0.15) is 18.9 Å². The molecule has 0 spiro atoms. The number of rotatable bonds is 4. The normalized spacial score (nSPS) is 12.4. The van der Waals surface area contributed by atoms with Crippen LogP contribution in [0.2, 0.25) is 5.02 Å². The smallest absolute Gasteiger partial charge is 0.421 e. The van der Waals surface area contributed by atoms with Gasteiger partial charge in [0.25, 0.3) is 0 Å². The van der Waals surface area contributed by atoms with E-state index in [-0.39, 0.29) is 6.42 Å². The van der Waals surface area contributed by atoms with Crippen molar-refractivity contribution < 1.29 is 23.2 Å². The topological polar surface area (TPSA) is 129 Å². The summed E-state index contributed by atoms with van der Waals surface area (Å²) < 4.78 is 38.8. The Morgan fingerprint density at radius 3 is 2.68 bits per heavy atom. The van der Waals surface area contributed by atoms with Crippen LogP contribution >= 0.6 is 11.6 Å². The molecule has 2 rings (SSSR count). The number of hydrogen-bond donors (Lipinski definition) is 1. The molecule has 9 nitrogen and oxygen atoms in total. The Morgan fingerprint density at radius 2 is 2.16 bits per heavy atom. The summed E-state index contributed by atoms with van der Waals surface area (Å²) >= 11 is 5.67. The molecule has 134 valence electrons. The molecule has 0 unspecified atom stereocenters. The summed E-state index contributed by atoms with van der Waals surface area (Å²) in [5.41, 5.74) is -3.78. The lowest BCUT2D eigenvalue weighted by molar-refractivity contribution is -0.384. The van der Waals surface area contributed by atoms with Crippen LogP contribution in [0, 0.1) is 10.1 Å². The first-order valence-electron chi connectivity index (χ1n) is 6.53. The molecule has 0 aliphatic carbocycles. The highest BCUT2D eigenvalue weighted by molar-refractivity contribution is 6.32. The quantitative estimate of drug-likeness (QED) is 0.376. The van der Waals surface area contributed by atoms with E-state index in [1.807, 2.05) is 0 Å². The van der Waals surface area contributed by atoms with Crippen LogP contribution in [0.25, 0.3) is 5.82 Å². The highest BCUT2D eigenvalue weighted by Gasteiger charge is 2.35. The Kier molecular flexibility index (Phi) is 4.83. The monoisotopic (exact) mass is 378 g/mol. The second-order valence-corrected chi connectivity index (χ2v) is 4.95. The number of alkyl halides is 3. The Hall–Kier alpha value is -2.89. The van der Waals surface area contributed by atoms with Crippen LogP contribution in [0.15, 0.2) is 22.2 Å². The summed E-state index contributed by atoms with van der Waals surface area (Å²) in [4.78, 5) is 27.5. The fourth-order valence-electron chi connectivity index (χ4n) is 1.79. The summed E-state index contributed by atoms with van der Waals surface area (Å²) in [6, 6.07) is 0. The van der Waals surface area contributed by atoms with Crippen LogP contribution in [-0.2, 0) is 6.18 Å². The number of nitrogens with zero attached hydrogens (tertiary/aromatic N) is 4. The third-order valence-corrected chi connectivity index (χ3v) is 3.33. The number of aromatic nitrogens is 3. The van der Waals surface area contributed by atoms with E-state index >= 15 is 0 Å². The molecule has 13 heteroatoms. The average molecular weight is 379 g/mol. The van der Waals surface area contributed by atoms with Gasteiger partial charge in [-0.25, -0.2) is 4.99 Å². The van der Waals surface area contributed by atoms with Crippen LogP contribution < -0.4 is 10.5 Å². The molecule has 2 aromatic rings. The predicted octanol–water partition coefficient (Wildman–Crippen LogP) is 1.94. The van der Waals surface area contributed by atoms with Crippen molar-refractivity contribution in [2.75, 3.05) is 0 Å². The van der Waals surface area contributed by atoms with Gasteiger partial charge in [-0.1, -0.05) is 18.5 Å². The maximum absolute atomic E-state index is 12.7. The van der Waals surface area contributed by atoms with Gasteiger partial charge in [-0.3, -0.25) is 14.9 Å². The van der Waals surface area contributed by atoms with Gasteiger partial charge in [-0.2, -0.15) is 23.0 Å². The molecule has 2 heterocycles. The van der Waals surface area contributed by atoms with Gasteiger partial charge in [0.15, 0.2) is 5.82 Å². The molecule has 0 atom stereocenters. The van der Waals surface area contributed by atoms with E-state index in [0.717, 1.165) is 6.20 Å². The number of nitrogens with one attached hydrogen (secondary N) is 1. The van der Waals surface area contributed by atoms with E-state index in [4.69, 9.17) is 11.6 Å². The molecule has 0 amide bonds. The van der Waals surface area contributed by atoms with Crippen LogP contribution in [-0.4, -0.2) is 25.6 Å². The van der Waals surface area contributed by atoms with Crippen molar-refractivity contribution in [2.24, 2.45) is 4.99 Å². The first-order chi connectivity index (χ1) is 11.6. The van der Waals surface area contributed by atoms with Crippen molar-refractivity contribution in [1.82, 2.24) is 14.8 Å². The minimum Gasteiger partial charge on any atom is -0.862 e. The molecule has 0 saturated carbocycles. The first-order valence-corrected chi connectivity index (χ1v) is 6.91. The Bertz CT molecular complexity index is 918. The van der Waals surface area contributed by atoms with Crippen molar-refractivity contribution in [2.45, 2.75) is 19.5 Å². The first kappa shape index (κ1) is 18.4. The number of pyridine rings is 1. The molecule has 0 aliphatic heterocycles. The van der Waals surface area contributed by atoms with Gasteiger partial charge in [0, 0.05) is 6.20 Å². The average Bonchev–Trinajstić information content (AvgIpc) is 2.92. The van der Waals surface area contributed by atoms with E-state index in [2.05, 4.69) is 15.1 Å². The lowest BCUT2D eigenvalue weighted by Crippen LogP contribution is -2.22. The minimum atomic E-state index is -4.95. The Morgan fingerprint density at radius 1 is 1.52 bits per heavy atom. The maximum atomic E-state index is 12.7. The van der Waals surface area contributed by atoms with Gasteiger partial charge in [-0.05, 0) is 12.3 Å². The Labute approximate surface area is 141 Å². The lowest BCUT2D eigenvalue weighted by atomic mass is 10.2. The van der Waals surface area contributed by atoms with Gasteiger partial charge in [-0.15, -0.1) is 0 Å². The van der Waals surface area contributed by atoms with Crippen LogP contribution in [0.3, 0.4) is 0 Å². The van der Waals surface area contributed by atoms with E-state index in [9.17, 15) is 33.2 Å². The number of aliphatic imine (C=N–C) groups is 1. The fraction of sp³-hybridized carbons (Fsp3) is 0.250. The third-order valence-electron chi connectivity index (χ3n) is 2.98. The highest BCUT2D eigenvalue weighted by Crippen LogP contribution is 2.32. The van der Waals surface area contributed by atoms with E-state index < -0.39 is 50.3 Å². The maximum Gasteiger partial charge on any atom is 0.421 e. The highest BCUT2D eigenvalue weighted by atomic mass is 35.5. The minimum absolute atomic E-state index is 0.0837. The molecule has 0 bridgehead atoms. The zero-order chi connectivity index (χ0) is 18.9. The standard InChI is InChI=1S/C12H9ClF3N5O4/c1-2-7(22)19-10-6(21(24)25)4-18-20(10)11-8(13)9(23)5(3-17-11)12(14,15)16/h3-4H,2H2,1H3,(H,17,23)(H,19,22)/p-1. The molecule has 25 heavy (non-hydrogen) atoms. The zero-order valence-electron chi connectivity index (χ0n) is 12.3. The molecule has 1 N–H and O–H groups in total. The lowest BCUT2D eigenvalue weighted by Gasteiger charge is -2.11. The number of aromatic amines is 1. The van der Waals surface area contributed by atoms with Crippen LogP contribution in [0.4, 0.5) is 24.7 Å². The Balaban J connectivity index is 2.74. The van der Waals surface area contributed by atoms with Crippen molar-refractivity contribution >= 4 is 29.0 Å². The van der Waals surface area contributed by atoms with Crippen molar-refractivity contribution in [3.63, 3.8) is 0 Å². The third kappa shape index (κ3) is 3.47. The molecule has 0 saturated heterocycles. The second kappa shape index (κ2) is 6.55. The summed E-state index contributed by atoms with van der Waals surface area (Å²) in [6.45, 7) is 1.45. The van der Waals surface area contributed by atoms with Gasteiger partial charge >= 0.3 is 11.9 Å². The van der Waals surface area contributed by atoms with Crippen molar-refractivity contribution in [3.05, 3.63) is 43.3 Å².